The summed E-state index contributed by atoms with van der Waals surface area (Å²) in [6.45, 7) is 2.22. The van der Waals surface area contributed by atoms with Crippen molar-refractivity contribution < 1.29 is 9.90 Å². The van der Waals surface area contributed by atoms with Gasteiger partial charge in [-0.15, -0.1) is 0 Å². The molecule has 0 aliphatic heterocycles. The first-order valence-corrected chi connectivity index (χ1v) is 6.70. The van der Waals surface area contributed by atoms with Gasteiger partial charge in [-0.1, -0.05) is 45.4 Å². The minimum atomic E-state index is 0.170. The molecule has 0 heterocycles. The summed E-state index contributed by atoms with van der Waals surface area (Å²) in [7, 11) is 0. The first-order chi connectivity index (χ1) is 7.75. The first kappa shape index (κ1) is 13.3. The summed E-state index contributed by atoms with van der Waals surface area (Å²) >= 11 is 0. The first-order valence-electron chi connectivity index (χ1n) is 6.70. The van der Waals surface area contributed by atoms with Crippen molar-refractivity contribution in [2.45, 2.75) is 71.1 Å². The maximum Gasteiger partial charge on any atom is 0.162 e. The predicted molar refractivity (Wildman–Crippen MR) is 66.5 cm³/mol. The number of Topliss-reactive ketones (excluding diaryl/α,β-unsaturated/α-hetero) is 1. The molecule has 16 heavy (non-hydrogen) atoms. The Morgan fingerprint density at radius 1 is 1.00 bits per heavy atom. The van der Waals surface area contributed by atoms with Gasteiger partial charge in [-0.05, 0) is 12.8 Å². The summed E-state index contributed by atoms with van der Waals surface area (Å²) in [6.07, 6.45) is 10.7. The molecule has 0 saturated carbocycles. The molecule has 0 saturated heterocycles. The van der Waals surface area contributed by atoms with Crippen LogP contribution in [0.15, 0.2) is 11.3 Å². The molecule has 0 amide bonds. The molecule has 92 valence electrons. The summed E-state index contributed by atoms with van der Waals surface area (Å²) in [5.74, 6) is 0.527. The molecule has 2 heteroatoms. The standard InChI is InChI=1S/C14H24O2/c1-2-3-4-5-6-7-8-9-12-13(15)10-11-14(12)16/h15H,2-11H2,1H3. The molecule has 1 N–H and O–H groups in total. The third-order valence-corrected chi connectivity index (χ3v) is 3.30. The molecule has 0 fully saturated rings. The zero-order valence-electron chi connectivity index (χ0n) is 10.4. The molecule has 0 aromatic heterocycles. The number of hydrogen-bond acceptors (Lipinski definition) is 2. The minimum absolute atomic E-state index is 0.170. The lowest BCUT2D eigenvalue weighted by Crippen LogP contribution is -1.96. The van der Waals surface area contributed by atoms with E-state index in [1.165, 1.54) is 38.5 Å². The average molecular weight is 224 g/mol. The van der Waals surface area contributed by atoms with Crippen LogP contribution in [-0.2, 0) is 4.79 Å². The van der Waals surface area contributed by atoms with Crippen molar-refractivity contribution in [3.8, 4) is 0 Å². The van der Waals surface area contributed by atoms with Gasteiger partial charge in [0.2, 0.25) is 0 Å². The molecule has 2 nitrogen and oxygen atoms in total. The number of aliphatic hydroxyl groups excluding tert-OH is 1. The smallest absolute Gasteiger partial charge is 0.162 e. The molecule has 0 atom stereocenters. The predicted octanol–water partition coefficient (Wildman–Crippen LogP) is 4.30. The number of carbonyl (C=O) groups is 1. The van der Waals surface area contributed by atoms with Crippen LogP contribution in [0.25, 0.3) is 0 Å². The van der Waals surface area contributed by atoms with Gasteiger partial charge < -0.3 is 5.11 Å². The number of ketones is 1. The number of unbranched alkanes of at least 4 members (excludes halogenated alkanes) is 6. The van der Waals surface area contributed by atoms with Crippen molar-refractivity contribution in [3.05, 3.63) is 11.3 Å². The van der Waals surface area contributed by atoms with Gasteiger partial charge in [0.15, 0.2) is 5.78 Å². The number of hydrogen-bond donors (Lipinski definition) is 1. The largest absolute Gasteiger partial charge is 0.512 e. The second-order valence-electron chi connectivity index (χ2n) is 4.72. The van der Waals surface area contributed by atoms with Crippen LogP contribution < -0.4 is 0 Å². The van der Waals surface area contributed by atoms with E-state index in [0.717, 1.165) is 12.8 Å². The van der Waals surface area contributed by atoms with Crippen LogP contribution in [0, 0.1) is 0 Å². The fraction of sp³-hybridized carbons (Fsp3) is 0.786. The lowest BCUT2D eigenvalue weighted by Gasteiger charge is -2.02. The Morgan fingerprint density at radius 2 is 1.62 bits per heavy atom. The quantitative estimate of drug-likeness (QED) is 0.624. The zero-order chi connectivity index (χ0) is 11.8. The van der Waals surface area contributed by atoms with E-state index >= 15 is 0 Å². The van der Waals surface area contributed by atoms with Gasteiger partial charge in [0.25, 0.3) is 0 Å². The Hall–Kier alpha value is -0.790. The number of rotatable bonds is 8. The van der Waals surface area contributed by atoms with E-state index in [0.29, 0.717) is 24.2 Å². The van der Waals surface area contributed by atoms with E-state index in [4.69, 9.17) is 0 Å². The summed E-state index contributed by atoms with van der Waals surface area (Å²) in [4.78, 5) is 11.4. The van der Waals surface area contributed by atoms with Gasteiger partial charge in [0.05, 0.1) is 5.76 Å². The van der Waals surface area contributed by atoms with E-state index in [2.05, 4.69) is 6.92 Å². The Bertz CT molecular complexity index is 253. The maximum atomic E-state index is 11.4. The van der Waals surface area contributed by atoms with E-state index in [1.807, 2.05) is 0 Å². The van der Waals surface area contributed by atoms with Crippen LogP contribution in [0.1, 0.15) is 71.1 Å². The molecule has 0 spiro atoms. The van der Waals surface area contributed by atoms with Crippen LogP contribution in [0.5, 0.6) is 0 Å². The molecular formula is C14H24O2. The highest BCUT2D eigenvalue weighted by atomic mass is 16.3. The van der Waals surface area contributed by atoms with Crippen molar-refractivity contribution >= 4 is 5.78 Å². The average Bonchev–Trinajstić information content (AvgIpc) is 2.59. The summed E-state index contributed by atoms with van der Waals surface area (Å²) in [5.41, 5.74) is 0.716. The van der Waals surface area contributed by atoms with Crippen molar-refractivity contribution in [1.82, 2.24) is 0 Å². The third-order valence-electron chi connectivity index (χ3n) is 3.30. The van der Waals surface area contributed by atoms with Crippen molar-refractivity contribution in [2.75, 3.05) is 0 Å². The molecule has 0 aromatic carbocycles. The lowest BCUT2D eigenvalue weighted by atomic mass is 10.0. The fourth-order valence-electron chi connectivity index (χ4n) is 2.24. The maximum absolute atomic E-state index is 11.4. The molecule has 0 aromatic rings. The monoisotopic (exact) mass is 224 g/mol. The Morgan fingerprint density at radius 3 is 2.19 bits per heavy atom. The van der Waals surface area contributed by atoms with E-state index in [-0.39, 0.29) is 5.78 Å². The molecule has 0 bridgehead atoms. The van der Waals surface area contributed by atoms with Crippen molar-refractivity contribution in [1.29, 1.82) is 0 Å². The summed E-state index contributed by atoms with van der Waals surface area (Å²) in [6, 6.07) is 0. The molecular weight excluding hydrogens is 200 g/mol. The highest BCUT2D eigenvalue weighted by Crippen LogP contribution is 2.25. The van der Waals surface area contributed by atoms with E-state index < -0.39 is 0 Å². The highest BCUT2D eigenvalue weighted by Gasteiger charge is 2.21. The van der Waals surface area contributed by atoms with Gasteiger partial charge in [-0.3, -0.25) is 4.79 Å². The number of carbonyl (C=O) groups excluding carboxylic acids is 1. The fourth-order valence-corrected chi connectivity index (χ4v) is 2.24. The second kappa shape index (κ2) is 7.48. The van der Waals surface area contributed by atoms with E-state index in [1.54, 1.807) is 0 Å². The van der Waals surface area contributed by atoms with Crippen LogP contribution in [0.2, 0.25) is 0 Å². The Balaban J connectivity index is 2.03. The summed E-state index contributed by atoms with van der Waals surface area (Å²) in [5, 5.41) is 9.49. The Labute approximate surface area is 98.7 Å². The molecule has 1 aliphatic rings. The zero-order valence-corrected chi connectivity index (χ0v) is 10.4. The minimum Gasteiger partial charge on any atom is -0.512 e. The lowest BCUT2D eigenvalue weighted by molar-refractivity contribution is -0.115. The van der Waals surface area contributed by atoms with Crippen LogP contribution in [-0.4, -0.2) is 10.9 Å². The second-order valence-corrected chi connectivity index (χ2v) is 4.72. The van der Waals surface area contributed by atoms with Gasteiger partial charge in [0.1, 0.15) is 0 Å². The SMILES string of the molecule is CCCCCCCCCC1=C(O)CCC1=O. The molecule has 0 unspecified atom stereocenters. The van der Waals surface area contributed by atoms with Gasteiger partial charge in [-0.25, -0.2) is 0 Å². The van der Waals surface area contributed by atoms with Crippen LogP contribution in [0.4, 0.5) is 0 Å². The van der Waals surface area contributed by atoms with Crippen molar-refractivity contribution in [2.24, 2.45) is 0 Å². The number of allylic oxidation sites excluding steroid dienone is 2. The molecule has 1 rings (SSSR count). The van der Waals surface area contributed by atoms with Gasteiger partial charge >= 0.3 is 0 Å². The van der Waals surface area contributed by atoms with Crippen LogP contribution in [0.3, 0.4) is 0 Å². The van der Waals surface area contributed by atoms with E-state index in [9.17, 15) is 9.90 Å². The van der Waals surface area contributed by atoms with Crippen LogP contribution >= 0.6 is 0 Å². The molecule has 0 radical (unpaired) electrons. The summed E-state index contributed by atoms with van der Waals surface area (Å²) < 4.78 is 0. The highest BCUT2D eigenvalue weighted by molar-refractivity contribution is 5.98. The van der Waals surface area contributed by atoms with Gasteiger partial charge in [-0.2, -0.15) is 0 Å². The normalized spacial score (nSPS) is 16.2. The number of aliphatic hydroxyl groups is 1. The molecule has 1 aliphatic carbocycles. The van der Waals surface area contributed by atoms with Gasteiger partial charge in [0, 0.05) is 18.4 Å². The third kappa shape index (κ3) is 4.38. The Kier molecular flexibility index (Phi) is 6.20. The van der Waals surface area contributed by atoms with Crippen molar-refractivity contribution in [3.63, 3.8) is 0 Å². The topological polar surface area (TPSA) is 37.3 Å².